The largest absolute Gasteiger partial charge is 0.363 e. The third kappa shape index (κ3) is 1.39. The maximum Gasteiger partial charge on any atom is 0.111 e. The van der Waals surface area contributed by atoms with Gasteiger partial charge in [0.05, 0.1) is 11.4 Å². The summed E-state index contributed by atoms with van der Waals surface area (Å²) in [7, 11) is 0. The average molecular weight is 262 g/mol. The predicted octanol–water partition coefficient (Wildman–Crippen LogP) is 4.50. The van der Waals surface area contributed by atoms with Crippen molar-refractivity contribution in [2.45, 2.75) is 19.0 Å². The SMILES string of the molecule is C=CC1C(C)c2ccccc2N2c3ccccc3NC12. The Bertz CT molecular complexity index is 677. The Hall–Kier alpha value is -2.22. The summed E-state index contributed by atoms with van der Waals surface area (Å²) >= 11 is 0. The fraction of sp³-hybridized carbons (Fsp3) is 0.222. The van der Waals surface area contributed by atoms with E-state index in [1.165, 1.54) is 22.6 Å². The number of para-hydroxylation sites is 3. The molecule has 0 amide bonds. The number of hydrogen-bond donors (Lipinski definition) is 1. The molecule has 2 aliphatic rings. The summed E-state index contributed by atoms with van der Waals surface area (Å²) < 4.78 is 0. The number of rotatable bonds is 1. The van der Waals surface area contributed by atoms with Gasteiger partial charge >= 0.3 is 0 Å². The molecule has 3 unspecified atom stereocenters. The third-order valence-electron chi connectivity index (χ3n) is 4.65. The Labute approximate surface area is 119 Å². The quantitative estimate of drug-likeness (QED) is 0.761. The van der Waals surface area contributed by atoms with Crippen LogP contribution in [0, 0.1) is 5.92 Å². The lowest BCUT2D eigenvalue weighted by molar-refractivity contribution is 0.452. The van der Waals surface area contributed by atoms with Crippen LogP contribution in [0.25, 0.3) is 0 Å². The lowest BCUT2D eigenvalue weighted by atomic mass is 9.80. The van der Waals surface area contributed by atoms with Gasteiger partial charge in [-0.25, -0.2) is 0 Å². The van der Waals surface area contributed by atoms with E-state index in [4.69, 9.17) is 0 Å². The van der Waals surface area contributed by atoms with Gasteiger partial charge in [0.2, 0.25) is 0 Å². The molecule has 0 saturated heterocycles. The number of hydrogen-bond acceptors (Lipinski definition) is 2. The molecule has 0 aromatic heterocycles. The van der Waals surface area contributed by atoms with E-state index in [0.29, 0.717) is 11.8 Å². The first-order chi connectivity index (χ1) is 9.81. The second-order valence-electron chi connectivity index (χ2n) is 5.64. The average Bonchev–Trinajstić information content (AvgIpc) is 2.87. The molecule has 20 heavy (non-hydrogen) atoms. The van der Waals surface area contributed by atoms with Gasteiger partial charge in [0.15, 0.2) is 0 Å². The molecule has 0 fully saturated rings. The monoisotopic (exact) mass is 262 g/mol. The van der Waals surface area contributed by atoms with Gasteiger partial charge in [0, 0.05) is 11.6 Å². The van der Waals surface area contributed by atoms with Crippen LogP contribution < -0.4 is 10.2 Å². The fourth-order valence-corrected chi connectivity index (χ4v) is 3.63. The van der Waals surface area contributed by atoms with Crippen LogP contribution in [0.15, 0.2) is 61.2 Å². The molecule has 100 valence electrons. The van der Waals surface area contributed by atoms with Crippen molar-refractivity contribution in [3.05, 3.63) is 66.7 Å². The van der Waals surface area contributed by atoms with Crippen molar-refractivity contribution < 1.29 is 0 Å². The smallest absolute Gasteiger partial charge is 0.111 e. The van der Waals surface area contributed by atoms with Crippen LogP contribution in [0.1, 0.15) is 18.4 Å². The molecule has 3 atom stereocenters. The summed E-state index contributed by atoms with van der Waals surface area (Å²) in [4.78, 5) is 2.43. The molecule has 0 bridgehead atoms. The van der Waals surface area contributed by atoms with Crippen molar-refractivity contribution in [1.29, 1.82) is 0 Å². The fourth-order valence-electron chi connectivity index (χ4n) is 3.63. The molecule has 0 radical (unpaired) electrons. The van der Waals surface area contributed by atoms with Crippen LogP contribution in [0.3, 0.4) is 0 Å². The van der Waals surface area contributed by atoms with Crippen LogP contribution in [-0.4, -0.2) is 6.17 Å². The lowest BCUT2D eigenvalue weighted by Crippen LogP contribution is -2.44. The van der Waals surface area contributed by atoms with Gasteiger partial charge in [-0.2, -0.15) is 0 Å². The van der Waals surface area contributed by atoms with E-state index in [2.05, 4.69) is 78.3 Å². The zero-order valence-corrected chi connectivity index (χ0v) is 11.6. The molecule has 2 heteroatoms. The zero-order chi connectivity index (χ0) is 13.7. The molecule has 0 aliphatic carbocycles. The number of nitrogens with zero attached hydrogens (tertiary/aromatic N) is 1. The van der Waals surface area contributed by atoms with Gasteiger partial charge < -0.3 is 10.2 Å². The van der Waals surface area contributed by atoms with Crippen LogP contribution >= 0.6 is 0 Å². The molecular formula is C18H18N2. The van der Waals surface area contributed by atoms with Crippen molar-refractivity contribution in [2.24, 2.45) is 5.92 Å². The van der Waals surface area contributed by atoms with Crippen molar-refractivity contribution >= 4 is 17.1 Å². The topological polar surface area (TPSA) is 15.3 Å². The highest BCUT2D eigenvalue weighted by Crippen LogP contribution is 2.51. The predicted molar refractivity (Wildman–Crippen MR) is 84.5 cm³/mol. The van der Waals surface area contributed by atoms with Gasteiger partial charge in [-0.3, -0.25) is 0 Å². The Kier molecular flexibility index (Phi) is 2.40. The molecule has 2 aliphatic heterocycles. The van der Waals surface area contributed by atoms with Crippen molar-refractivity contribution in [1.82, 2.24) is 0 Å². The normalized spacial score (nSPS) is 26.2. The van der Waals surface area contributed by atoms with Crippen LogP contribution in [0.4, 0.5) is 17.1 Å². The first kappa shape index (κ1) is 11.6. The first-order valence-corrected chi connectivity index (χ1v) is 7.17. The van der Waals surface area contributed by atoms with E-state index in [9.17, 15) is 0 Å². The summed E-state index contributed by atoms with van der Waals surface area (Å²) in [5.41, 5.74) is 5.21. The molecule has 2 aromatic rings. The zero-order valence-electron chi connectivity index (χ0n) is 11.6. The van der Waals surface area contributed by atoms with Gasteiger partial charge in [-0.05, 0) is 29.7 Å². The minimum Gasteiger partial charge on any atom is -0.363 e. The molecule has 1 N–H and O–H groups in total. The Morgan fingerprint density at radius 1 is 1.05 bits per heavy atom. The van der Waals surface area contributed by atoms with Gasteiger partial charge in [0.25, 0.3) is 0 Å². The van der Waals surface area contributed by atoms with Gasteiger partial charge in [0.1, 0.15) is 6.17 Å². The number of anilines is 3. The van der Waals surface area contributed by atoms with Crippen LogP contribution in [0.5, 0.6) is 0 Å². The maximum absolute atomic E-state index is 4.06. The minimum absolute atomic E-state index is 0.273. The Morgan fingerprint density at radius 2 is 1.75 bits per heavy atom. The molecule has 2 heterocycles. The second kappa shape index (κ2) is 4.14. The van der Waals surface area contributed by atoms with E-state index in [1.54, 1.807) is 0 Å². The summed E-state index contributed by atoms with van der Waals surface area (Å²) in [6.07, 6.45) is 2.37. The standard InChI is InChI=1S/C18H18N2/c1-3-13-12(2)14-8-4-6-10-16(14)20-17-11-7-5-9-15(17)19-18(13)20/h3-13,18-19H,1H2,2H3. The van der Waals surface area contributed by atoms with E-state index in [-0.39, 0.29) is 6.17 Å². The number of benzene rings is 2. The highest BCUT2D eigenvalue weighted by Gasteiger charge is 2.42. The van der Waals surface area contributed by atoms with Crippen LogP contribution in [0.2, 0.25) is 0 Å². The Morgan fingerprint density at radius 3 is 2.55 bits per heavy atom. The highest BCUT2D eigenvalue weighted by atomic mass is 15.3. The minimum atomic E-state index is 0.273. The summed E-state index contributed by atoms with van der Waals surface area (Å²) in [5, 5.41) is 3.66. The molecule has 0 spiro atoms. The van der Waals surface area contributed by atoms with Gasteiger partial charge in [-0.15, -0.1) is 6.58 Å². The lowest BCUT2D eigenvalue weighted by Gasteiger charge is -2.41. The van der Waals surface area contributed by atoms with Gasteiger partial charge in [-0.1, -0.05) is 43.3 Å². The Balaban J connectivity index is 1.96. The number of fused-ring (bicyclic) bond motifs is 5. The van der Waals surface area contributed by atoms with E-state index in [1.807, 2.05) is 0 Å². The van der Waals surface area contributed by atoms with E-state index < -0.39 is 0 Å². The molecule has 0 saturated carbocycles. The molecule has 2 nitrogen and oxygen atoms in total. The summed E-state index contributed by atoms with van der Waals surface area (Å²) in [5.74, 6) is 0.879. The molecule has 4 rings (SSSR count). The highest BCUT2D eigenvalue weighted by molar-refractivity contribution is 5.85. The maximum atomic E-state index is 4.06. The van der Waals surface area contributed by atoms with Crippen LogP contribution in [-0.2, 0) is 0 Å². The summed E-state index contributed by atoms with van der Waals surface area (Å²) in [6.45, 7) is 6.36. The second-order valence-corrected chi connectivity index (χ2v) is 5.64. The van der Waals surface area contributed by atoms with E-state index in [0.717, 1.165) is 0 Å². The van der Waals surface area contributed by atoms with E-state index >= 15 is 0 Å². The van der Waals surface area contributed by atoms with Crippen molar-refractivity contribution in [3.63, 3.8) is 0 Å². The third-order valence-corrected chi connectivity index (χ3v) is 4.65. The summed E-state index contributed by atoms with van der Waals surface area (Å²) in [6, 6.07) is 17.3. The number of nitrogens with one attached hydrogen (secondary N) is 1. The van der Waals surface area contributed by atoms with Crippen molar-refractivity contribution in [3.8, 4) is 0 Å². The van der Waals surface area contributed by atoms with Crippen molar-refractivity contribution in [2.75, 3.05) is 10.2 Å². The first-order valence-electron chi connectivity index (χ1n) is 7.17. The molecule has 2 aromatic carbocycles. The molecular weight excluding hydrogens is 244 g/mol.